The summed E-state index contributed by atoms with van der Waals surface area (Å²) >= 11 is 0. The zero-order valence-corrected chi connectivity index (χ0v) is 35.2. The average molecular weight is 737 g/mol. The van der Waals surface area contributed by atoms with Crippen molar-refractivity contribution in [3.8, 4) is 0 Å². The quantitative estimate of drug-likeness (QED) is 0.0930. The van der Waals surface area contributed by atoms with Crippen LogP contribution in [0.3, 0.4) is 0 Å². The van der Waals surface area contributed by atoms with E-state index in [4.69, 9.17) is 24.6 Å². The molecular weight excluding hydrogens is 660 g/mol. The van der Waals surface area contributed by atoms with E-state index < -0.39 is 11.2 Å². The summed E-state index contributed by atoms with van der Waals surface area (Å²) in [6.07, 6.45) is 7.49. The first-order chi connectivity index (χ1) is 23.8. The van der Waals surface area contributed by atoms with Gasteiger partial charge in [0, 0.05) is 40.8 Å². The van der Waals surface area contributed by atoms with Gasteiger partial charge in [-0.2, -0.15) is 25.1 Å². The molecule has 0 bridgehead atoms. The fourth-order valence-corrected chi connectivity index (χ4v) is 8.95. The Morgan fingerprint density at radius 3 is 1.27 bits per heavy atom. The molecule has 302 valence electrons. The Bertz CT molecular complexity index is 1140. The number of hydrogen-bond donors (Lipinski definition) is 6. The molecule has 0 amide bonds. The van der Waals surface area contributed by atoms with Crippen LogP contribution in [-0.2, 0) is 9.68 Å². The minimum absolute atomic E-state index is 0.0370. The lowest BCUT2D eigenvalue weighted by Gasteiger charge is -2.55. The molecule has 2 unspecified atom stereocenters. The second-order valence-electron chi connectivity index (χ2n) is 19.4. The van der Waals surface area contributed by atoms with Crippen LogP contribution in [0.15, 0.2) is 0 Å². The molecule has 0 saturated carbocycles. The molecule has 3 rings (SSSR count). The first-order valence-corrected chi connectivity index (χ1v) is 19.8. The van der Waals surface area contributed by atoms with Gasteiger partial charge in [-0.05, 0) is 133 Å². The first-order valence-electron chi connectivity index (χ1n) is 19.8. The molecule has 2 fully saturated rings. The smallest absolute Gasteiger partial charge is 0.229 e. The van der Waals surface area contributed by atoms with Gasteiger partial charge in [0.2, 0.25) is 17.8 Å². The van der Waals surface area contributed by atoms with Crippen LogP contribution in [0.4, 0.5) is 17.8 Å². The highest BCUT2D eigenvalue weighted by Gasteiger charge is 2.50. The fourth-order valence-electron chi connectivity index (χ4n) is 8.95. The summed E-state index contributed by atoms with van der Waals surface area (Å²) < 4.78 is 0. The largest absolute Gasteiger partial charge is 0.395 e. The third-order valence-corrected chi connectivity index (χ3v) is 10.3. The van der Waals surface area contributed by atoms with Gasteiger partial charge >= 0.3 is 0 Å². The van der Waals surface area contributed by atoms with Crippen LogP contribution in [0.25, 0.3) is 0 Å². The van der Waals surface area contributed by atoms with Crippen molar-refractivity contribution in [2.45, 2.75) is 194 Å². The van der Waals surface area contributed by atoms with Gasteiger partial charge in [-0.1, -0.05) is 26.7 Å². The summed E-state index contributed by atoms with van der Waals surface area (Å²) in [6, 6.07) is 0.226. The zero-order valence-electron chi connectivity index (χ0n) is 35.2. The number of hydrogen-bond acceptors (Lipinski definition) is 13. The van der Waals surface area contributed by atoms with Crippen LogP contribution in [0.5, 0.6) is 0 Å². The minimum Gasteiger partial charge on any atom is -0.395 e. The number of aromatic nitrogens is 3. The lowest BCUT2D eigenvalue weighted by molar-refractivity contribution is -0.303. The van der Waals surface area contributed by atoms with Gasteiger partial charge in [-0.25, -0.2) is 0 Å². The van der Waals surface area contributed by atoms with Crippen molar-refractivity contribution in [1.82, 2.24) is 25.1 Å². The molecule has 1 aromatic rings. The van der Waals surface area contributed by atoms with Crippen LogP contribution in [0.1, 0.15) is 148 Å². The molecule has 3 heterocycles. The monoisotopic (exact) mass is 737 g/mol. The van der Waals surface area contributed by atoms with Crippen LogP contribution < -0.4 is 16.0 Å². The third kappa shape index (κ3) is 12.6. The molecule has 13 nitrogen and oxygen atoms in total. The van der Waals surface area contributed by atoms with E-state index >= 15 is 0 Å². The van der Waals surface area contributed by atoms with E-state index in [0.29, 0.717) is 36.2 Å². The maximum atomic E-state index is 10.4. The molecule has 0 aromatic carbocycles. The number of aliphatic hydroxyl groups is 3. The maximum absolute atomic E-state index is 10.4. The number of piperidine rings is 2. The van der Waals surface area contributed by atoms with Crippen molar-refractivity contribution in [1.29, 1.82) is 0 Å². The van der Waals surface area contributed by atoms with Gasteiger partial charge in [-0.3, -0.25) is 9.68 Å². The van der Waals surface area contributed by atoms with Crippen molar-refractivity contribution < 1.29 is 25.0 Å². The Morgan fingerprint density at radius 1 is 0.654 bits per heavy atom. The van der Waals surface area contributed by atoms with Gasteiger partial charge < -0.3 is 31.3 Å². The van der Waals surface area contributed by atoms with Crippen molar-refractivity contribution in [2.24, 2.45) is 11.8 Å². The van der Waals surface area contributed by atoms with E-state index in [2.05, 4.69) is 95.3 Å². The Morgan fingerprint density at radius 2 is 0.981 bits per heavy atom. The highest BCUT2D eigenvalue weighted by molar-refractivity contribution is 5.43. The molecule has 0 aliphatic carbocycles. The number of aliphatic hydroxyl groups excluding tert-OH is 1. The number of hydroxylamine groups is 4. The van der Waals surface area contributed by atoms with Crippen molar-refractivity contribution >= 4 is 17.8 Å². The Balaban J connectivity index is 1.89. The molecule has 0 spiro atoms. The molecule has 13 heteroatoms. The first kappa shape index (κ1) is 44.5. The normalized spacial score (nSPS) is 22.6. The Hall–Kier alpha value is -1.87. The molecule has 2 aliphatic rings. The second kappa shape index (κ2) is 17.3. The molecule has 2 saturated heterocycles. The molecular formula is C39H76N8O5. The van der Waals surface area contributed by atoms with Crippen LogP contribution in [0, 0.1) is 11.8 Å². The Kier molecular flexibility index (Phi) is 14.8. The predicted molar refractivity (Wildman–Crippen MR) is 210 cm³/mol. The standard InChI is InChI=1S/C39H76N8O5/c1-15-17-29(27-21-34(3,4)46(35(5,6)22-27)51-25-38(11,12)49)41-32-43-31(40-19-20-48)44-33(45-32)42-30(18-16-2)28-23-36(7,8)47(37(9,10)24-28)52-26-39(13,14)50/h27-30,48-50H,15-26H2,1-14H3,(H3,40,41,42,43,44,45). The van der Waals surface area contributed by atoms with Crippen molar-refractivity contribution in [3.05, 3.63) is 0 Å². The molecule has 6 N–H and O–H groups in total. The van der Waals surface area contributed by atoms with Gasteiger partial charge in [0.05, 0.1) is 31.0 Å². The SMILES string of the molecule is CCCC(Nc1nc(NCCO)nc(NC(CCC)C2CC(C)(C)N(OCC(C)(C)O)C(C)(C)C2)n1)C1CC(C)(C)N(OCC(C)(C)O)C(C)(C)C1. The number of rotatable bonds is 19. The summed E-state index contributed by atoms with van der Waals surface area (Å²) in [7, 11) is 0. The maximum Gasteiger partial charge on any atom is 0.229 e. The van der Waals surface area contributed by atoms with E-state index in [1.165, 1.54) is 0 Å². The second-order valence-corrected chi connectivity index (χ2v) is 19.4. The minimum atomic E-state index is -0.923. The van der Waals surface area contributed by atoms with Gasteiger partial charge in [0.25, 0.3) is 0 Å². The number of anilines is 3. The van der Waals surface area contributed by atoms with Crippen LogP contribution >= 0.6 is 0 Å². The van der Waals surface area contributed by atoms with Crippen molar-refractivity contribution in [2.75, 3.05) is 42.3 Å². The number of nitrogens with one attached hydrogen (secondary N) is 3. The third-order valence-electron chi connectivity index (χ3n) is 10.3. The van der Waals surface area contributed by atoms with Gasteiger partial charge in [-0.15, -0.1) is 0 Å². The highest BCUT2D eigenvalue weighted by atomic mass is 16.7. The van der Waals surface area contributed by atoms with E-state index in [1.54, 1.807) is 27.7 Å². The van der Waals surface area contributed by atoms with E-state index in [0.717, 1.165) is 51.4 Å². The molecule has 2 aliphatic heterocycles. The van der Waals surface area contributed by atoms with Gasteiger partial charge in [0.15, 0.2) is 0 Å². The highest BCUT2D eigenvalue weighted by Crippen LogP contribution is 2.45. The van der Waals surface area contributed by atoms with E-state index in [9.17, 15) is 15.3 Å². The van der Waals surface area contributed by atoms with Crippen LogP contribution in [-0.4, -0.2) is 112 Å². The summed E-state index contributed by atoms with van der Waals surface area (Å²) in [5, 5.41) is 45.3. The zero-order chi connectivity index (χ0) is 39.3. The van der Waals surface area contributed by atoms with E-state index in [1.807, 2.05) is 0 Å². The summed E-state index contributed by atoms with van der Waals surface area (Å²) in [4.78, 5) is 27.2. The Labute approximate surface area is 315 Å². The number of nitrogens with zero attached hydrogens (tertiary/aromatic N) is 5. The molecule has 52 heavy (non-hydrogen) atoms. The molecule has 0 radical (unpaired) electrons. The summed E-state index contributed by atoms with van der Waals surface area (Å²) in [5.41, 5.74) is -2.92. The fraction of sp³-hybridized carbons (Fsp3) is 0.923. The lowest BCUT2D eigenvalue weighted by Crippen LogP contribution is -2.62. The average Bonchev–Trinajstić information content (AvgIpc) is 2.96. The summed E-state index contributed by atoms with van der Waals surface area (Å²) in [5.74, 6) is 2.08. The molecule has 2 atom stereocenters. The van der Waals surface area contributed by atoms with Gasteiger partial charge in [0.1, 0.15) is 0 Å². The van der Waals surface area contributed by atoms with Crippen molar-refractivity contribution in [3.63, 3.8) is 0 Å². The molecule has 1 aromatic heterocycles. The van der Waals surface area contributed by atoms with Crippen LogP contribution in [0.2, 0.25) is 0 Å². The predicted octanol–water partition coefficient (Wildman–Crippen LogP) is 6.38. The topological polar surface area (TPSA) is 160 Å². The summed E-state index contributed by atoms with van der Waals surface area (Å²) in [6.45, 7) is 30.0. The lowest BCUT2D eigenvalue weighted by atomic mass is 9.71. The van der Waals surface area contributed by atoms with E-state index in [-0.39, 0.29) is 54.1 Å².